The number of hydrazine groups is 1. The van der Waals surface area contributed by atoms with Crippen LogP contribution in [0, 0.1) is 13.8 Å². The van der Waals surface area contributed by atoms with E-state index in [1.807, 2.05) is 0 Å². The van der Waals surface area contributed by atoms with E-state index in [0.717, 1.165) is 6.42 Å². The normalized spacial score (nSPS) is 12.7. The lowest BCUT2D eigenvalue weighted by molar-refractivity contribution is 0.638. The van der Waals surface area contributed by atoms with Gasteiger partial charge in [0.2, 0.25) is 0 Å². The SMILES string of the molecule is CCc1ccsc1C(NN)c1cccc(C)c1C. The highest BCUT2D eigenvalue weighted by molar-refractivity contribution is 7.10. The molecule has 3 heteroatoms. The van der Waals surface area contributed by atoms with Crippen LogP contribution in [0.25, 0.3) is 0 Å². The number of thiophene rings is 1. The van der Waals surface area contributed by atoms with Gasteiger partial charge in [0, 0.05) is 4.88 Å². The fraction of sp³-hybridized carbons (Fsp3) is 0.333. The fourth-order valence-corrected chi connectivity index (χ4v) is 3.36. The highest BCUT2D eigenvalue weighted by Crippen LogP contribution is 2.32. The Hall–Kier alpha value is -1.16. The van der Waals surface area contributed by atoms with Crippen molar-refractivity contribution in [3.8, 4) is 0 Å². The van der Waals surface area contributed by atoms with Gasteiger partial charge in [-0.25, -0.2) is 5.43 Å². The molecule has 0 aliphatic rings. The molecule has 1 aromatic heterocycles. The lowest BCUT2D eigenvalue weighted by Gasteiger charge is -2.20. The van der Waals surface area contributed by atoms with Gasteiger partial charge in [0.05, 0.1) is 6.04 Å². The van der Waals surface area contributed by atoms with E-state index in [1.165, 1.54) is 27.1 Å². The molecular weight excluding hydrogens is 240 g/mol. The van der Waals surface area contributed by atoms with E-state index in [0.29, 0.717) is 0 Å². The van der Waals surface area contributed by atoms with Gasteiger partial charge < -0.3 is 0 Å². The molecule has 0 fully saturated rings. The lowest BCUT2D eigenvalue weighted by Crippen LogP contribution is -2.29. The number of hydrogen-bond acceptors (Lipinski definition) is 3. The average molecular weight is 260 g/mol. The Morgan fingerprint density at radius 1 is 1.28 bits per heavy atom. The van der Waals surface area contributed by atoms with Gasteiger partial charge in [0.25, 0.3) is 0 Å². The third kappa shape index (κ3) is 2.34. The molecule has 0 aliphatic carbocycles. The average Bonchev–Trinajstić information content (AvgIpc) is 2.83. The molecule has 0 aliphatic heterocycles. The largest absolute Gasteiger partial charge is 0.271 e. The van der Waals surface area contributed by atoms with Crippen molar-refractivity contribution in [1.82, 2.24) is 5.43 Å². The minimum absolute atomic E-state index is 0.0971. The summed E-state index contributed by atoms with van der Waals surface area (Å²) in [5, 5.41) is 2.14. The van der Waals surface area contributed by atoms with E-state index in [-0.39, 0.29) is 6.04 Å². The first-order valence-corrected chi connectivity index (χ1v) is 7.15. The summed E-state index contributed by atoms with van der Waals surface area (Å²) in [5.41, 5.74) is 8.25. The van der Waals surface area contributed by atoms with E-state index in [2.05, 4.69) is 55.8 Å². The van der Waals surface area contributed by atoms with Crippen molar-refractivity contribution < 1.29 is 0 Å². The molecule has 18 heavy (non-hydrogen) atoms. The Labute approximate surface area is 113 Å². The standard InChI is InChI=1S/C15H20N2S/c1-4-12-8-9-18-15(12)14(17-16)13-7-5-6-10(2)11(13)3/h5-9,14,17H,4,16H2,1-3H3. The van der Waals surface area contributed by atoms with Crippen LogP contribution in [0.3, 0.4) is 0 Å². The van der Waals surface area contributed by atoms with Crippen LogP contribution in [0.5, 0.6) is 0 Å². The third-order valence-electron chi connectivity index (χ3n) is 3.55. The number of aryl methyl sites for hydroxylation is 2. The van der Waals surface area contributed by atoms with Crippen LogP contribution in [0.15, 0.2) is 29.6 Å². The molecule has 1 aromatic carbocycles. The smallest absolute Gasteiger partial charge is 0.0807 e. The minimum Gasteiger partial charge on any atom is -0.271 e. The van der Waals surface area contributed by atoms with E-state index in [9.17, 15) is 0 Å². The molecule has 0 spiro atoms. The molecule has 2 aromatic rings. The molecule has 0 saturated heterocycles. The zero-order valence-electron chi connectivity index (χ0n) is 11.2. The quantitative estimate of drug-likeness (QED) is 0.652. The van der Waals surface area contributed by atoms with E-state index >= 15 is 0 Å². The summed E-state index contributed by atoms with van der Waals surface area (Å²) in [6.07, 6.45) is 1.04. The summed E-state index contributed by atoms with van der Waals surface area (Å²) in [6.45, 7) is 6.48. The number of benzene rings is 1. The fourth-order valence-electron chi connectivity index (χ4n) is 2.29. The molecule has 2 rings (SSSR count). The zero-order valence-corrected chi connectivity index (χ0v) is 12.0. The summed E-state index contributed by atoms with van der Waals surface area (Å²) in [6, 6.07) is 8.68. The topological polar surface area (TPSA) is 38.0 Å². The van der Waals surface area contributed by atoms with E-state index < -0.39 is 0 Å². The number of nitrogens with one attached hydrogen (secondary N) is 1. The molecular formula is C15H20N2S. The second-order valence-corrected chi connectivity index (χ2v) is 5.50. The minimum atomic E-state index is 0.0971. The van der Waals surface area contributed by atoms with Crippen LogP contribution in [-0.4, -0.2) is 0 Å². The number of hydrogen-bond donors (Lipinski definition) is 2. The van der Waals surface area contributed by atoms with Crippen LogP contribution >= 0.6 is 11.3 Å². The van der Waals surface area contributed by atoms with Gasteiger partial charge in [0.1, 0.15) is 0 Å². The van der Waals surface area contributed by atoms with Crippen molar-refractivity contribution in [3.63, 3.8) is 0 Å². The van der Waals surface area contributed by atoms with Gasteiger partial charge in [-0.05, 0) is 54.0 Å². The summed E-state index contributed by atoms with van der Waals surface area (Å²) >= 11 is 1.77. The predicted octanol–water partition coefficient (Wildman–Crippen LogP) is 3.48. The van der Waals surface area contributed by atoms with Gasteiger partial charge in [-0.3, -0.25) is 5.84 Å². The van der Waals surface area contributed by atoms with Crippen molar-refractivity contribution in [3.05, 3.63) is 56.8 Å². The summed E-state index contributed by atoms with van der Waals surface area (Å²) in [5.74, 6) is 5.80. The predicted molar refractivity (Wildman–Crippen MR) is 78.8 cm³/mol. The van der Waals surface area contributed by atoms with E-state index in [1.54, 1.807) is 11.3 Å². The maximum Gasteiger partial charge on any atom is 0.0807 e. The molecule has 0 amide bonds. The molecule has 0 bridgehead atoms. The molecule has 0 radical (unpaired) electrons. The van der Waals surface area contributed by atoms with Crippen LogP contribution in [0.1, 0.15) is 40.1 Å². The maximum absolute atomic E-state index is 5.80. The second kappa shape index (κ2) is 5.65. The summed E-state index contributed by atoms with van der Waals surface area (Å²) in [7, 11) is 0. The van der Waals surface area contributed by atoms with Crippen molar-refractivity contribution in [1.29, 1.82) is 0 Å². The lowest BCUT2D eigenvalue weighted by atomic mass is 9.95. The monoisotopic (exact) mass is 260 g/mol. The van der Waals surface area contributed by atoms with Crippen LogP contribution < -0.4 is 11.3 Å². The third-order valence-corrected chi connectivity index (χ3v) is 4.57. The van der Waals surface area contributed by atoms with Crippen LogP contribution in [-0.2, 0) is 6.42 Å². The number of nitrogens with two attached hydrogens (primary N) is 1. The van der Waals surface area contributed by atoms with Crippen LogP contribution in [0.2, 0.25) is 0 Å². The van der Waals surface area contributed by atoms with Gasteiger partial charge in [0.15, 0.2) is 0 Å². The highest BCUT2D eigenvalue weighted by atomic mass is 32.1. The summed E-state index contributed by atoms with van der Waals surface area (Å²) < 4.78 is 0. The number of rotatable bonds is 4. The van der Waals surface area contributed by atoms with Gasteiger partial charge >= 0.3 is 0 Å². The Balaban J connectivity index is 2.49. The van der Waals surface area contributed by atoms with Gasteiger partial charge in [-0.1, -0.05) is 25.1 Å². The highest BCUT2D eigenvalue weighted by Gasteiger charge is 2.19. The second-order valence-electron chi connectivity index (χ2n) is 4.55. The molecule has 2 nitrogen and oxygen atoms in total. The van der Waals surface area contributed by atoms with E-state index in [4.69, 9.17) is 5.84 Å². The molecule has 1 heterocycles. The zero-order chi connectivity index (χ0) is 13.1. The Bertz CT molecular complexity index is 531. The van der Waals surface area contributed by atoms with Crippen molar-refractivity contribution >= 4 is 11.3 Å². The molecule has 96 valence electrons. The first kappa shape index (κ1) is 13.3. The van der Waals surface area contributed by atoms with Crippen molar-refractivity contribution in [2.24, 2.45) is 5.84 Å². The Kier molecular flexibility index (Phi) is 4.17. The molecule has 1 unspecified atom stereocenters. The summed E-state index contributed by atoms with van der Waals surface area (Å²) in [4.78, 5) is 1.33. The molecule has 0 saturated carbocycles. The first-order valence-electron chi connectivity index (χ1n) is 6.27. The molecule has 1 atom stereocenters. The van der Waals surface area contributed by atoms with Crippen LogP contribution in [0.4, 0.5) is 0 Å². The van der Waals surface area contributed by atoms with Gasteiger partial charge in [-0.15, -0.1) is 11.3 Å². The Morgan fingerprint density at radius 3 is 2.72 bits per heavy atom. The first-order chi connectivity index (χ1) is 8.69. The van der Waals surface area contributed by atoms with Crippen molar-refractivity contribution in [2.45, 2.75) is 33.2 Å². The Morgan fingerprint density at radius 2 is 2.06 bits per heavy atom. The van der Waals surface area contributed by atoms with Crippen molar-refractivity contribution in [2.75, 3.05) is 0 Å². The molecule has 3 N–H and O–H groups in total. The maximum atomic E-state index is 5.80. The van der Waals surface area contributed by atoms with Gasteiger partial charge in [-0.2, -0.15) is 0 Å².